The van der Waals surface area contributed by atoms with E-state index in [4.69, 9.17) is 0 Å². The van der Waals surface area contributed by atoms with Crippen molar-refractivity contribution in [2.45, 2.75) is 6.92 Å². The van der Waals surface area contributed by atoms with Crippen LogP contribution in [0, 0.1) is 6.92 Å². The SMILES string of the molecule is C=C1Nc2ccccc2C(=O)N1c1cccc(NC(=O)c2ccc(C)cc2)c1. The molecule has 1 aliphatic heterocycles. The van der Waals surface area contributed by atoms with Crippen molar-refractivity contribution in [2.75, 3.05) is 15.5 Å². The molecule has 4 rings (SSSR count). The number of anilines is 3. The molecule has 0 fully saturated rings. The summed E-state index contributed by atoms with van der Waals surface area (Å²) in [7, 11) is 0. The Morgan fingerprint density at radius 2 is 1.75 bits per heavy atom. The maximum Gasteiger partial charge on any atom is 0.266 e. The Hall–Kier alpha value is -3.86. The second-order valence-corrected chi connectivity index (χ2v) is 6.63. The molecule has 2 amide bonds. The first-order valence-electron chi connectivity index (χ1n) is 8.90. The standard InChI is InChI=1S/C23H19N3O2/c1-15-10-12-17(13-11-15)22(27)25-18-6-5-7-19(14-18)26-16(2)24-21-9-4-3-8-20(21)23(26)28/h3-14,24H,2H2,1H3,(H,25,27). The number of nitrogens with one attached hydrogen (secondary N) is 2. The Balaban J connectivity index is 1.60. The molecule has 0 bridgehead atoms. The summed E-state index contributed by atoms with van der Waals surface area (Å²) in [5.41, 5.74) is 4.20. The molecule has 1 heterocycles. The second-order valence-electron chi connectivity index (χ2n) is 6.63. The molecule has 0 unspecified atom stereocenters. The number of benzene rings is 3. The smallest absolute Gasteiger partial charge is 0.266 e. The van der Waals surface area contributed by atoms with Crippen LogP contribution in [0.1, 0.15) is 26.3 Å². The van der Waals surface area contributed by atoms with Gasteiger partial charge in [-0.05, 0) is 49.4 Å². The van der Waals surface area contributed by atoms with E-state index >= 15 is 0 Å². The summed E-state index contributed by atoms with van der Waals surface area (Å²) in [4.78, 5) is 26.9. The summed E-state index contributed by atoms with van der Waals surface area (Å²) in [6, 6.07) is 21.8. The normalized spacial score (nSPS) is 13.0. The van der Waals surface area contributed by atoms with E-state index in [-0.39, 0.29) is 11.8 Å². The minimum Gasteiger partial charge on any atom is -0.341 e. The number of rotatable bonds is 3. The molecular formula is C23H19N3O2. The molecular weight excluding hydrogens is 350 g/mol. The summed E-state index contributed by atoms with van der Waals surface area (Å²) < 4.78 is 0. The predicted molar refractivity (Wildman–Crippen MR) is 112 cm³/mol. The largest absolute Gasteiger partial charge is 0.341 e. The highest BCUT2D eigenvalue weighted by molar-refractivity contribution is 6.14. The summed E-state index contributed by atoms with van der Waals surface area (Å²) in [5.74, 6) is 0.0940. The third-order valence-corrected chi connectivity index (χ3v) is 4.59. The zero-order chi connectivity index (χ0) is 19.7. The molecule has 2 N–H and O–H groups in total. The van der Waals surface area contributed by atoms with Gasteiger partial charge in [0.25, 0.3) is 11.8 Å². The molecule has 138 valence electrons. The van der Waals surface area contributed by atoms with Crippen LogP contribution in [0.4, 0.5) is 17.1 Å². The van der Waals surface area contributed by atoms with Crippen molar-refractivity contribution in [1.29, 1.82) is 0 Å². The van der Waals surface area contributed by atoms with E-state index in [0.29, 0.717) is 28.3 Å². The van der Waals surface area contributed by atoms with E-state index in [2.05, 4.69) is 17.2 Å². The van der Waals surface area contributed by atoms with Crippen molar-refractivity contribution in [1.82, 2.24) is 0 Å². The van der Waals surface area contributed by atoms with Gasteiger partial charge in [-0.25, -0.2) is 0 Å². The van der Waals surface area contributed by atoms with Gasteiger partial charge in [-0.2, -0.15) is 0 Å². The third-order valence-electron chi connectivity index (χ3n) is 4.59. The van der Waals surface area contributed by atoms with Crippen molar-refractivity contribution in [3.63, 3.8) is 0 Å². The van der Waals surface area contributed by atoms with Crippen LogP contribution in [-0.4, -0.2) is 11.8 Å². The lowest BCUT2D eigenvalue weighted by atomic mass is 10.1. The van der Waals surface area contributed by atoms with Gasteiger partial charge in [-0.1, -0.05) is 42.5 Å². The number of fused-ring (bicyclic) bond motifs is 1. The van der Waals surface area contributed by atoms with Gasteiger partial charge in [-0.3, -0.25) is 14.5 Å². The fourth-order valence-corrected chi connectivity index (χ4v) is 3.14. The molecule has 0 aliphatic carbocycles. The van der Waals surface area contributed by atoms with Gasteiger partial charge in [0.2, 0.25) is 0 Å². The van der Waals surface area contributed by atoms with E-state index in [0.717, 1.165) is 11.3 Å². The Kier molecular flexibility index (Phi) is 4.41. The lowest BCUT2D eigenvalue weighted by Crippen LogP contribution is -2.37. The first-order chi connectivity index (χ1) is 13.5. The molecule has 0 radical (unpaired) electrons. The van der Waals surface area contributed by atoms with Gasteiger partial charge in [0, 0.05) is 11.3 Å². The molecule has 0 aromatic heterocycles. The monoisotopic (exact) mass is 369 g/mol. The highest BCUT2D eigenvalue weighted by Crippen LogP contribution is 2.31. The van der Waals surface area contributed by atoms with Crippen LogP contribution in [0.15, 0.2) is 85.2 Å². The van der Waals surface area contributed by atoms with E-state index < -0.39 is 0 Å². The van der Waals surface area contributed by atoms with E-state index in [1.807, 2.05) is 37.3 Å². The van der Waals surface area contributed by atoms with Gasteiger partial charge in [-0.15, -0.1) is 0 Å². The molecule has 28 heavy (non-hydrogen) atoms. The zero-order valence-corrected chi connectivity index (χ0v) is 15.4. The first kappa shape index (κ1) is 17.5. The van der Waals surface area contributed by atoms with Crippen molar-refractivity contribution in [3.8, 4) is 0 Å². The Labute approximate surface area is 163 Å². The molecule has 5 heteroatoms. The number of nitrogens with zero attached hydrogens (tertiary/aromatic N) is 1. The van der Waals surface area contributed by atoms with Gasteiger partial charge >= 0.3 is 0 Å². The maximum atomic E-state index is 13.0. The molecule has 0 spiro atoms. The molecule has 5 nitrogen and oxygen atoms in total. The number of hydrogen-bond acceptors (Lipinski definition) is 3. The van der Waals surface area contributed by atoms with Crippen LogP contribution in [0.2, 0.25) is 0 Å². The zero-order valence-electron chi connectivity index (χ0n) is 15.4. The van der Waals surface area contributed by atoms with Crippen LogP contribution in [-0.2, 0) is 0 Å². The molecule has 0 atom stereocenters. The fraction of sp³-hybridized carbons (Fsp3) is 0.0435. The van der Waals surface area contributed by atoms with Crippen molar-refractivity contribution in [2.24, 2.45) is 0 Å². The van der Waals surface area contributed by atoms with E-state index in [1.165, 1.54) is 4.90 Å². The highest BCUT2D eigenvalue weighted by atomic mass is 16.2. The number of para-hydroxylation sites is 1. The van der Waals surface area contributed by atoms with Gasteiger partial charge < -0.3 is 10.6 Å². The second kappa shape index (κ2) is 7.04. The van der Waals surface area contributed by atoms with Crippen LogP contribution in [0.5, 0.6) is 0 Å². The lowest BCUT2D eigenvalue weighted by molar-refractivity contribution is 0.0992. The van der Waals surface area contributed by atoms with Crippen LogP contribution in [0.25, 0.3) is 0 Å². The average Bonchev–Trinajstić information content (AvgIpc) is 2.69. The van der Waals surface area contributed by atoms with Crippen LogP contribution < -0.4 is 15.5 Å². The molecule has 0 saturated carbocycles. The van der Waals surface area contributed by atoms with Crippen molar-refractivity contribution < 1.29 is 9.59 Å². The van der Waals surface area contributed by atoms with Gasteiger partial charge in [0.1, 0.15) is 5.82 Å². The number of hydrogen-bond donors (Lipinski definition) is 2. The minimum absolute atomic E-state index is 0.165. The average molecular weight is 369 g/mol. The fourth-order valence-electron chi connectivity index (χ4n) is 3.14. The third kappa shape index (κ3) is 3.25. The van der Waals surface area contributed by atoms with Crippen LogP contribution in [0.3, 0.4) is 0 Å². The van der Waals surface area contributed by atoms with Crippen molar-refractivity contribution >= 4 is 28.9 Å². The summed E-state index contributed by atoms with van der Waals surface area (Å²) in [5, 5.41) is 6.03. The topological polar surface area (TPSA) is 61.4 Å². The first-order valence-corrected chi connectivity index (χ1v) is 8.90. The Morgan fingerprint density at radius 3 is 2.54 bits per heavy atom. The summed E-state index contributed by atoms with van der Waals surface area (Å²) in [6.07, 6.45) is 0. The number of aryl methyl sites for hydroxylation is 1. The summed E-state index contributed by atoms with van der Waals surface area (Å²) >= 11 is 0. The van der Waals surface area contributed by atoms with Crippen molar-refractivity contribution in [3.05, 3.63) is 102 Å². The molecule has 0 saturated heterocycles. The number of carbonyl (C=O) groups excluding carboxylic acids is 2. The Morgan fingerprint density at radius 1 is 1.00 bits per heavy atom. The molecule has 3 aromatic carbocycles. The predicted octanol–water partition coefficient (Wildman–Crippen LogP) is 4.79. The van der Waals surface area contributed by atoms with Gasteiger partial charge in [0.05, 0.1) is 16.9 Å². The van der Waals surface area contributed by atoms with E-state index in [9.17, 15) is 9.59 Å². The lowest BCUT2D eigenvalue weighted by Gasteiger charge is -2.31. The van der Waals surface area contributed by atoms with E-state index in [1.54, 1.807) is 42.5 Å². The minimum atomic E-state index is -0.204. The highest BCUT2D eigenvalue weighted by Gasteiger charge is 2.28. The maximum absolute atomic E-state index is 13.0. The Bertz CT molecular complexity index is 1090. The summed E-state index contributed by atoms with van der Waals surface area (Å²) in [6.45, 7) is 5.95. The van der Waals surface area contributed by atoms with Gasteiger partial charge in [0.15, 0.2) is 0 Å². The van der Waals surface area contributed by atoms with Crippen LogP contribution >= 0.6 is 0 Å². The molecule has 1 aliphatic rings. The number of amides is 2. The molecule has 3 aromatic rings. The quantitative estimate of drug-likeness (QED) is 0.698. The number of carbonyl (C=O) groups is 2.